The van der Waals surface area contributed by atoms with Gasteiger partial charge in [0.1, 0.15) is 11.9 Å². The number of allylic oxidation sites excluding steroid dienone is 1. The van der Waals surface area contributed by atoms with Crippen molar-refractivity contribution in [2.24, 2.45) is 0 Å². The van der Waals surface area contributed by atoms with Crippen LogP contribution in [0.1, 0.15) is 5.56 Å². The summed E-state index contributed by atoms with van der Waals surface area (Å²) in [5.41, 5.74) is 1.62. The van der Waals surface area contributed by atoms with E-state index in [9.17, 15) is 9.50 Å². The summed E-state index contributed by atoms with van der Waals surface area (Å²) in [4.78, 5) is 1.94. The van der Waals surface area contributed by atoms with Gasteiger partial charge in [0, 0.05) is 19.2 Å². The normalized spacial score (nSPS) is 15.5. The molecule has 0 aliphatic carbocycles. The summed E-state index contributed by atoms with van der Waals surface area (Å²) in [6.07, 6.45) is 4.51. The third-order valence-corrected chi connectivity index (χ3v) is 2.30. The molecule has 0 radical (unpaired) electrons. The van der Waals surface area contributed by atoms with Crippen LogP contribution in [0.5, 0.6) is 0 Å². The van der Waals surface area contributed by atoms with Crippen molar-refractivity contribution in [3.63, 3.8) is 0 Å². The van der Waals surface area contributed by atoms with Gasteiger partial charge in [-0.1, -0.05) is 0 Å². The van der Waals surface area contributed by atoms with Crippen LogP contribution >= 0.6 is 0 Å². The Bertz CT molecular complexity index is 420. The van der Waals surface area contributed by atoms with Crippen LogP contribution in [0.3, 0.4) is 0 Å². The number of likely N-dealkylation sites (N-methyl/N-ethyl adjacent to an activating group) is 1. The van der Waals surface area contributed by atoms with E-state index in [1.54, 1.807) is 18.2 Å². The summed E-state index contributed by atoms with van der Waals surface area (Å²) in [7, 11) is 1.90. The largest absolute Gasteiger partial charge is 0.481 e. The van der Waals surface area contributed by atoms with E-state index in [0.717, 1.165) is 11.3 Å². The minimum absolute atomic E-state index is 0.132. The Labute approximate surface area is 88.0 Å². The van der Waals surface area contributed by atoms with Crippen molar-refractivity contribution in [1.29, 1.82) is 0 Å². The molecule has 0 amide bonds. The van der Waals surface area contributed by atoms with Crippen molar-refractivity contribution >= 4 is 5.70 Å². The molecule has 0 spiro atoms. The number of hydrogen-bond donors (Lipinski definition) is 1. The fraction of sp³-hybridized carbons (Fsp3) is 0.167. The zero-order chi connectivity index (χ0) is 10.8. The zero-order valence-electron chi connectivity index (χ0n) is 8.37. The van der Waals surface area contributed by atoms with Crippen molar-refractivity contribution < 1.29 is 9.50 Å². The van der Waals surface area contributed by atoms with E-state index >= 15 is 0 Å². The molecule has 1 aliphatic heterocycles. The molecule has 15 heavy (non-hydrogen) atoms. The van der Waals surface area contributed by atoms with Gasteiger partial charge in [-0.3, -0.25) is 0 Å². The quantitative estimate of drug-likeness (QED) is 0.710. The van der Waals surface area contributed by atoms with E-state index in [0.29, 0.717) is 6.54 Å². The molecule has 0 bridgehead atoms. The molecule has 2 nitrogen and oxygen atoms in total. The second kappa shape index (κ2) is 3.71. The third kappa shape index (κ3) is 1.97. The number of hydrogen-bond acceptors (Lipinski definition) is 2. The fourth-order valence-corrected chi connectivity index (χ4v) is 1.48. The summed E-state index contributed by atoms with van der Waals surface area (Å²) < 4.78 is 12.7. The van der Waals surface area contributed by atoms with E-state index in [-0.39, 0.29) is 11.6 Å². The van der Waals surface area contributed by atoms with E-state index < -0.39 is 0 Å². The van der Waals surface area contributed by atoms with Gasteiger partial charge in [0.25, 0.3) is 5.76 Å². The Hall–Kier alpha value is -1.86. The van der Waals surface area contributed by atoms with Gasteiger partial charge in [-0.2, -0.15) is 0 Å². The van der Waals surface area contributed by atoms with E-state index in [4.69, 9.17) is 0 Å². The molecule has 76 valence electrons. The molecular weight excluding hydrogens is 193 g/mol. The Morgan fingerprint density at radius 3 is 2.67 bits per heavy atom. The van der Waals surface area contributed by atoms with Crippen LogP contribution in [-0.2, 0) is 0 Å². The second-order valence-electron chi connectivity index (χ2n) is 3.45. The number of rotatable bonds is 1. The van der Waals surface area contributed by atoms with Gasteiger partial charge in [0.05, 0.1) is 18.2 Å². The second-order valence-corrected chi connectivity index (χ2v) is 3.45. The van der Waals surface area contributed by atoms with Crippen LogP contribution < -0.4 is 0 Å². The Morgan fingerprint density at radius 2 is 2.00 bits per heavy atom. The van der Waals surface area contributed by atoms with Gasteiger partial charge in [0.15, 0.2) is 0 Å². The van der Waals surface area contributed by atoms with Crippen molar-refractivity contribution in [2.75, 3.05) is 13.6 Å². The van der Waals surface area contributed by atoms with Crippen molar-refractivity contribution in [2.45, 2.75) is 0 Å². The molecule has 0 unspecified atom stereocenters. The topological polar surface area (TPSA) is 23.5 Å². The number of halogens is 1. The minimum atomic E-state index is -0.266. The van der Waals surface area contributed by atoms with Gasteiger partial charge < -0.3 is 10.0 Å². The lowest BCUT2D eigenvalue weighted by Gasteiger charge is -2.16. The number of nitrogens with zero attached hydrogens (tertiary/aromatic N) is 1. The zero-order valence-corrected chi connectivity index (χ0v) is 8.37. The highest BCUT2D eigenvalue weighted by Gasteiger charge is 2.21. The molecule has 0 atom stereocenters. The third-order valence-electron chi connectivity index (χ3n) is 2.30. The first-order chi connectivity index (χ1) is 7.16. The summed E-state index contributed by atoms with van der Waals surface area (Å²) >= 11 is 0. The average molecular weight is 204 g/mol. The summed E-state index contributed by atoms with van der Waals surface area (Å²) in [6.45, 7) is 0.630. The molecule has 0 saturated heterocycles. The van der Waals surface area contributed by atoms with Crippen LogP contribution in [0.4, 0.5) is 4.39 Å². The maximum atomic E-state index is 12.7. The predicted octanol–water partition coefficient (Wildman–Crippen LogP) is 2.36. The highest BCUT2D eigenvalue weighted by atomic mass is 19.1. The minimum Gasteiger partial charge on any atom is -0.481 e. The molecule has 1 aromatic rings. The van der Waals surface area contributed by atoms with Crippen LogP contribution in [0.2, 0.25) is 0 Å². The monoisotopic (exact) mass is 204 g/mol. The number of benzene rings is 1. The summed E-state index contributed by atoms with van der Waals surface area (Å²) in [6, 6.07) is 6.14. The maximum absolute atomic E-state index is 12.7. The smallest absolute Gasteiger partial charge is 0.285 e. The summed E-state index contributed by atoms with van der Waals surface area (Å²) in [5.74, 6) is -0.134. The summed E-state index contributed by atoms with van der Waals surface area (Å²) in [5, 5.41) is 9.34. The van der Waals surface area contributed by atoms with E-state index in [1.807, 2.05) is 11.9 Å². The SMILES string of the molecule is CN1CC=C(O)[C+]=C1c1ccc(F)cc1. The maximum Gasteiger partial charge on any atom is 0.285 e. The van der Waals surface area contributed by atoms with Crippen molar-refractivity contribution in [1.82, 2.24) is 4.90 Å². The molecule has 1 aromatic carbocycles. The Balaban J connectivity index is 2.37. The molecule has 1 aliphatic rings. The first-order valence-corrected chi connectivity index (χ1v) is 4.67. The van der Waals surface area contributed by atoms with Gasteiger partial charge in [-0.25, -0.2) is 4.39 Å². The van der Waals surface area contributed by atoms with E-state index in [1.165, 1.54) is 12.1 Å². The lowest BCUT2D eigenvalue weighted by Crippen LogP contribution is -2.20. The molecule has 2 rings (SSSR count). The van der Waals surface area contributed by atoms with Gasteiger partial charge in [-0.05, 0) is 12.1 Å². The molecule has 0 fully saturated rings. The Kier molecular flexibility index (Phi) is 2.40. The standard InChI is InChI=1S/C12H10FNO/c1-14-7-6-11(15)8-12(14)9-2-4-10(13)5-3-9/h2-6H,7H2,1H3/p+1. The lowest BCUT2D eigenvalue weighted by atomic mass is 10.1. The predicted molar refractivity (Wildman–Crippen MR) is 56.4 cm³/mol. The van der Waals surface area contributed by atoms with Gasteiger partial charge in [0.2, 0.25) is 5.70 Å². The number of aliphatic hydroxyl groups is 1. The molecule has 0 saturated carbocycles. The first kappa shape index (κ1) is 9.69. The average Bonchev–Trinajstić information content (AvgIpc) is 2.23. The van der Waals surface area contributed by atoms with Gasteiger partial charge in [-0.15, -0.1) is 0 Å². The van der Waals surface area contributed by atoms with Crippen LogP contribution in [0.25, 0.3) is 5.70 Å². The Morgan fingerprint density at radius 1 is 1.33 bits per heavy atom. The van der Waals surface area contributed by atoms with Gasteiger partial charge >= 0.3 is 0 Å². The van der Waals surface area contributed by atoms with Crippen molar-refractivity contribution in [3.8, 4) is 0 Å². The van der Waals surface area contributed by atoms with E-state index in [2.05, 4.69) is 6.08 Å². The fourth-order valence-electron chi connectivity index (χ4n) is 1.48. The molecule has 3 heteroatoms. The molecular formula is C12H11FNO+. The lowest BCUT2D eigenvalue weighted by molar-refractivity contribution is 0.406. The van der Waals surface area contributed by atoms with Crippen molar-refractivity contribution in [3.05, 3.63) is 53.6 Å². The highest BCUT2D eigenvalue weighted by molar-refractivity contribution is 5.64. The number of aliphatic hydroxyl groups excluding tert-OH is 1. The highest BCUT2D eigenvalue weighted by Crippen LogP contribution is 2.21. The molecule has 1 heterocycles. The van der Waals surface area contributed by atoms with Crippen LogP contribution in [-0.4, -0.2) is 23.6 Å². The van der Waals surface area contributed by atoms with Crippen LogP contribution in [0.15, 0.2) is 36.1 Å². The molecule has 0 aromatic heterocycles. The van der Waals surface area contributed by atoms with Crippen LogP contribution in [0, 0.1) is 11.9 Å². The molecule has 1 N–H and O–H groups in total. The first-order valence-electron chi connectivity index (χ1n) is 4.67.